The van der Waals surface area contributed by atoms with Gasteiger partial charge in [0.25, 0.3) is 0 Å². The second kappa shape index (κ2) is 6.60. The molecule has 0 spiro atoms. The Morgan fingerprint density at radius 2 is 2.00 bits per heavy atom. The zero-order valence-electron chi connectivity index (χ0n) is 14.2. The van der Waals surface area contributed by atoms with E-state index >= 15 is 0 Å². The van der Waals surface area contributed by atoms with Gasteiger partial charge in [0.15, 0.2) is 0 Å². The zero-order valence-corrected chi connectivity index (χ0v) is 14.2. The Labute approximate surface area is 137 Å². The minimum atomic E-state index is -0.979. The summed E-state index contributed by atoms with van der Waals surface area (Å²) in [6, 6.07) is 7.28. The van der Waals surface area contributed by atoms with Gasteiger partial charge in [0.05, 0.1) is 0 Å². The third-order valence-corrected chi connectivity index (χ3v) is 4.03. The molecule has 5 heteroatoms. The molecule has 1 aromatic rings. The molecule has 1 aromatic carbocycles. The largest absolute Gasteiger partial charge is 0.480 e. The van der Waals surface area contributed by atoms with E-state index in [9.17, 15) is 14.7 Å². The fourth-order valence-corrected chi connectivity index (χ4v) is 2.97. The zero-order chi connectivity index (χ0) is 17.2. The number of likely N-dealkylation sites (tertiary alicyclic amines) is 1. The third-order valence-electron chi connectivity index (χ3n) is 4.03. The molecule has 1 heterocycles. The molecule has 2 atom stereocenters. The topological polar surface area (TPSA) is 66.8 Å². The molecular formula is C18H25NO4. The van der Waals surface area contributed by atoms with Crippen molar-refractivity contribution in [1.82, 2.24) is 4.90 Å². The van der Waals surface area contributed by atoms with Gasteiger partial charge in [-0.15, -0.1) is 0 Å². The molecule has 0 aromatic heterocycles. The first-order valence-electron chi connectivity index (χ1n) is 7.96. The highest BCUT2D eigenvalue weighted by atomic mass is 16.6. The normalized spacial score (nSPS) is 21.8. The number of carbonyl (C=O) groups is 2. The maximum atomic E-state index is 12.3. The molecule has 1 amide bonds. The van der Waals surface area contributed by atoms with Crippen molar-refractivity contribution in [2.45, 2.75) is 58.1 Å². The molecule has 0 radical (unpaired) electrons. The van der Waals surface area contributed by atoms with E-state index in [1.807, 2.05) is 25.1 Å². The number of carboxylic acid groups (broad SMARTS) is 1. The molecule has 126 valence electrons. The smallest absolute Gasteiger partial charge is 0.411 e. The van der Waals surface area contributed by atoms with Crippen molar-refractivity contribution < 1.29 is 19.4 Å². The number of rotatable bonds is 2. The number of carboxylic acids is 1. The molecule has 1 aliphatic rings. The van der Waals surface area contributed by atoms with Crippen LogP contribution in [-0.4, -0.2) is 40.3 Å². The van der Waals surface area contributed by atoms with Crippen molar-refractivity contribution >= 4 is 12.1 Å². The van der Waals surface area contributed by atoms with Crippen LogP contribution in [-0.2, 0) is 9.53 Å². The van der Waals surface area contributed by atoms with Crippen molar-refractivity contribution in [2.75, 3.05) is 6.54 Å². The number of hydrogen-bond acceptors (Lipinski definition) is 3. The average molecular weight is 319 g/mol. The lowest BCUT2D eigenvalue weighted by molar-refractivity contribution is -0.144. The first-order valence-corrected chi connectivity index (χ1v) is 7.96. The molecule has 5 nitrogen and oxygen atoms in total. The summed E-state index contributed by atoms with van der Waals surface area (Å²) in [6.45, 7) is 7.75. The highest BCUT2D eigenvalue weighted by molar-refractivity contribution is 5.80. The van der Waals surface area contributed by atoms with Gasteiger partial charge in [-0.05, 0) is 52.0 Å². The second-order valence-electron chi connectivity index (χ2n) is 7.16. The minimum absolute atomic E-state index is 0.148. The Bertz CT molecular complexity index is 591. The Hall–Kier alpha value is -2.04. The van der Waals surface area contributed by atoms with Crippen LogP contribution in [0.3, 0.4) is 0 Å². The monoisotopic (exact) mass is 319 g/mol. The quantitative estimate of drug-likeness (QED) is 0.905. The van der Waals surface area contributed by atoms with E-state index in [2.05, 4.69) is 6.07 Å². The van der Waals surface area contributed by atoms with Crippen LogP contribution in [0.25, 0.3) is 0 Å². The summed E-state index contributed by atoms with van der Waals surface area (Å²) in [7, 11) is 0. The lowest BCUT2D eigenvalue weighted by atomic mass is 9.85. The summed E-state index contributed by atoms with van der Waals surface area (Å²) in [6.07, 6.45) is 0.609. The summed E-state index contributed by atoms with van der Waals surface area (Å²) in [5, 5.41) is 9.53. The molecular weight excluding hydrogens is 294 g/mol. The van der Waals surface area contributed by atoms with Crippen LogP contribution in [0.2, 0.25) is 0 Å². The first kappa shape index (κ1) is 17.3. The molecule has 2 unspecified atom stereocenters. The van der Waals surface area contributed by atoms with Crippen LogP contribution in [0.1, 0.15) is 50.7 Å². The van der Waals surface area contributed by atoms with E-state index in [1.165, 1.54) is 4.90 Å². The number of piperidine rings is 1. The van der Waals surface area contributed by atoms with Gasteiger partial charge in [-0.25, -0.2) is 9.59 Å². The number of benzene rings is 1. The van der Waals surface area contributed by atoms with Gasteiger partial charge in [0, 0.05) is 6.54 Å². The van der Waals surface area contributed by atoms with E-state index in [0.29, 0.717) is 13.0 Å². The van der Waals surface area contributed by atoms with Crippen LogP contribution >= 0.6 is 0 Å². The predicted octanol–water partition coefficient (Wildman–Crippen LogP) is 3.56. The first-order chi connectivity index (χ1) is 10.7. The molecule has 1 N–H and O–H groups in total. The molecule has 2 rings (SSSR count). The van der Waals surface area contributed by atoms with Gasteiger partial charge in [0.1, 0.15) is 11.6 Å². The molecule has 23 heavy (non-hydrogen) atoms. The Morgan fingerprint density at radius 1 is 1.30 bits per heavy atom. The number of hydrogen-bond donors (Lipinski definition) is 1. The summed E-state index contributed by atoms with van der Waals surface area (Å²) >= 11 is 0. The van der Waals surface area contributed by atoms with Crippen molar-refractivity contribution in [3.63, 3.8) is 0 Å². The Morgan fingerprint density at radius 3 is 2.57 bits per heavy atom. The van der Waals surface area contributed by atoms with Crippen molar-refractivity contribution in [3.05, 3.63) is 35.4 Å². The maximum absolute atomic E-state index is 12.3. The molecule has 0 saturated carbocycles. The SMILES string of the molecule is Cc1cccc(C2CCN(C(=O)OC(C)(C)C)C(C(=O)O)C2)c1. The number of nitrogens with zero attached hydrogens (tertiary/aromatic N) is 1. The van der Waals surface area contributed by atoms with Crippen LogP contribution < -0.4 is 0 Å². The number of ether oxygens (including phenoxy) is 1. The number of aliphatic carboxylic acids is 1. The summed E-state index contributed by atoms with van der Waals surface area (Å²) < 4.78 is 5.34. The number of carbonyl (C=O) groups excluding carboxylic acids is 1. The lowest BCUT2D eigenvalue weighted by Crippen LogP contribution is -2.51. The standard InChI is InChI=1S/C18H25NO4/c1-12-6-5-7-13(10-12)14-8-9-19(15(11-14)16(20)21)17(22)23-18(2,3)4/h5-7,10,14-15H,8-9,11H2,1-4H3,(H,20,21). The van der Waals surface area contributed by atoms with Gasteiger partial charge >= 0.3 is 12.1 Å². The highest BCUT2D eigenvalue weighted by Crippen LogP contribution is 2.33. The van der Waals surface area contributed by atoms with Crippen LogP contribution in [0, 0.1) is 6.92 Å². The number of amides is 1. The van der Waals surface area contributed by atoms with E-state index in [1.54, 1.807) is 20.8 Å². The van der Waals surface area contributed by atoms with E-state index in [4.69, 9.17) is 4.74 Å². The van der Waals surface area contributed by atoms with Gasteiger partial charge in [-0.2, -0.15) is 0 Å². The van der Waals surface area contributed by atoms with E-state index in [-0.39, 0.29) is 5.92 Å². The van der Waals surface area contributed by atoms with Gasteiger partial charge in [-0.3, -0.25) is 4.90 Å². The lowest BCUT2D eigenvalue weighted by Gasteiger charge is -2.38. The molecule has 1 aliphatic heterocycles. The van der Waals surface area contributed by atoms with Gasteiger partial charge in [-0.1, -0.05) is 29.8 Å². The average Bonchev–Trinajstić information content (AvgIpc) is 2.44. The summed E-state index contributed by atoms with van der Waals surface area (Å²) in [5.74, 6) is -0.831. The van der Waals surface area contributed by atoms with Crippen LogP contribution in [0.4, 0.5) is 4.79 Å². The summed E-state index contributed by atoms with van der Waals surface area (Å²) in [5.41, 5.74) is 1.66. The third kappa shape index (κ3) is 4.47. The van der Waals surface area contributed by atoms with Crippen molar-refractivity contribution in [3.8, 4) is 0 Å². The fourth-order valence-electron chi connectivity index (χ4n) is 2.97. The number of aryl methyl sites for hydroxylation is 1. The Kier molecular flexibility index (Phi) is 4.97. The molecule has 0 aliphatic carbocycles. The molecule has 1 saturated heterocycles. The predicted molar refractivity (Wildman–Crippen MR) is 87.5 cm³/mol. The highest BCUT2D eigenvalue weighted by Gasteiger charge is 2.38. The van der Waals surface area contributed by atoms with E-state index < -0.39 is 23.7 Å². The van der Waals surface area contributed by atoms with Crippen LogP contribution in [0.15, 0.2) is 24.3 Å². The van der Waals surface area contributed by atoms with Crippen molar-refractivity contribution in [1.29, 1.82) is 0 Å². The Balaban J connectivity index is 2.15. The maximum Gasteiger partial charge on any atom is 0.411 e. The van der Waals surface area contributed by atoms with Gasteiger partial charge < -0.3 is 9.84 Å². The summed E-state index contributed by atoms with van der Waals surface area (Å²) in [4.78, 5) is 25.2. The van der Waals surface area contributed by atoms with Crippen molar-refractivity contribution in [2.24, 2.45) is 0 Å². The second-order valence-corrected chi connectivity index (χ2v) is 7.16. The van der Waals surface area contributed by atoms with E-state index in [0.717, 1.165) is 17.5 Å². The minimum Gasteiger partial charge on any atom is -0.480 e. The fraction of sp³-hybridized carbons (Fsp3) is 0.556. The van der Waals surface area contributed by atoms with Gasteiger partial charge in [0.2, 0.25) is 0 Å². The van der Waals surface area contributed by atoms with Crippen LogP contribution in [0.5, 0.6) is 0 Å². The molecule has 0 bridgehead atoms. The molecule has 1 fully saturated rings.